The van der Waals surface area contributed by atoms with Crippen molar-refractivity contribution in [3.05, 3.63) is 22.3 Å². The summed E-state index contributed by atoms with van der Waals surface area (Å²) in [4.78, 5) is 18.4. The molecule has 0 spiro atoms. The van der Waals surface area contributed by atoms with E-state index in [1.807, 2.05) is 6.07 Å². The van der Waals surface area contributed by atoms with E-state index in [-0.39, 0.29) is 5.91 Å². The van der Waals surface area contributed by atoms with E-state index in [2.05, 4.69) is 31.1 Å². The van der Waals surface area contributed by atoms with Gasteiger partial charge in [-0.25, -0.2) is 4.98 Å². The molecule has 1 N–H and O–H groups in total. The summed E-state index contributed by atoms with van der Waals surface area (Å²) in [5.74, 6) is 0.714. The highest BCUT2D eigenvalue weighted by Crippen LogP contribution is 2.24. The van der Waals surface area contributed by atoms with E-state index in [4.69, 9.17) is 0 Å². The maximum atomic E-state index is 11.8. The fourth-order valence-electron chi connectivity index (χ4n) is 2.09. The zero-order valence-electron chi connectivity index (χ0n) is 9.87. The lowest BCUT2D eigenvalue weighted by Crippen LogP contribution is -2.33. The number of hydrogen-bond acceptors (Lipinski definition) is 3. The van der Waals surface area contributed by atoms with Gasteiger partial charge < -0.3 is 10.2 Å². The maximum absolute atomic E-state index is 11.8. The molecule has 1 aliphatic heterocycles. The lowest BCUT2D eigenvalue weighted by Gasteiger charge is -2.29. The molecule has 1 fully saturated rings. The van der Waals surface area contributed by atoms with Crippen molar-refractivity contribution in [1.29, 1.82) is 0 Å². The molecule has 92 valence electrons. The average molecular weight is 298 g/mol. The van der Waals surface area contributed by atoms with Crippen LogP contribution in [-0.4, -0.2) is 31.0 Å². The second-order valence-corrected chi connectivity index (χ2v) is 5.07. The van der Waals surface area contributed by atoms with Gasteiger partial charge in [-0.1, -0.05) is 0 Å². The molecular formula is C12H16BrN3O. The molecule has 5 heteroatoms. The Hall–Kier alpha value is -1.10. The van der Waals surface area contributed by atoms with Gasteiger partial charge in [0.25, 0.3) is 5.91 Å². The summed E-state index contributed by atoms with van der Waals surface area (Å²) in [5.41, 5.74) is 0.642. The first-order valence-corrected chi connectivity index (χ1v) is 6.64. The summed E-state index contributed by atoms with van der Waals surface area (Å²) in [6.45, 7) is 1.97. The highest BCUT2D eigenvalue weighted by atomic mass is 79.9. The van der Waals surface area contributed by atoms with Gasteiger partial charge in [-0.05, 0) is 41.3 Å². The largest absolute Gasteiger partial charge is 0.356 e. The van der Waals surface area contributed by atoms with Crippen LogP contribution >= 0.6 is 15.9 Å². The van der Waals surface area contributed by atoms with Crippen LogP contribution in [0.15, 0.2) is 16.7 Å². The van der Waals surface area contributed by atoms with E-state index >= 15 is 0 Å². The van der Waals surface area contributed by atoms with Crippen molar-refractivity contribution in [2.24, 2.45) is 0 Å². The van der Waals surface area contributed by atoms with Gasteiger partial charge in [0.15, 0.2) is 0 Å². The van der Waals surface area contributed by atoms with Crippen molar-refractivity contribution in [2.75, 3.05) is 25.0 Å². The molecule has 4 nitrogen and oxygen atoms in total. The van der Waals surface area contributed by atoms with E-state index in [1.165, 1.54) is 19.3 Å². The molecule has 0 aliphatic carbocycles. The fraction of sp³-hybridized carbons (Fsp3) is 0.500. The van der Waals surface area contributed by atoms with Crippen LogP contribution in [-0.2, 0) is 0 Å². The van der Waals surface area contributed by atoms with Crippen molar-refractivity contribution in [2.45, 2.75) is 19.3 Å². The third-order valence-corrected chi connectivity index (χ3v) is 3.39. The Kier molecular flexibility index (Phi) is 3.99. The molecule has 0 bridgehead atoms. The van der Waals surface area contributed by atoms with Gasteiger partial charge in [0, 0.05) is 30.8 Å². The number of piperidine rings is 1. The Balaban J connectivity index is 2.34. The van der Waals surface area contributed by atoms with E-state index in [0.717, 1.165) is 23.4 Å². The summed E-state index contributed by atoms with van der Waals surface area (Å²) >= 11 is 3.36. The van der Waals surface area contributed by atoms with Gasteiger partial charge in [-0.3, -0.25) is 4.79 Å². The molecule has 0 aromatic carbocycles. The van der Waals surface area contributed by atoms with E-state index in [1.54, 1.807) is 13.2 Å². The van der Waals surface area contributed by atoms with E-state index in [9.17, 15) is 4.79 Å². The maximum Gasteiger partial charge on any atom is 0.254 e. The minimum atomic E-state index is -0.0839. The molecule has 0 radical (unpaired) electrons. The average Bonchev–Trinajstić information content (AvgIpc) is 2.38. The van der Waals surface area contributed by atoms with Crippen molar-refractivity contribution >= 4 is 27.7 Å². The minimum absolute atomic E-state index is 0.0839. The molecule has 2 heterocycles. The molecule has 1 saturated heterocycles. The van der Waals surface area contributed by atoms with Crippen LogP contribution in [0.3, 0.4) is 0 Å². The Labute approximate surface area is 110 Å². The molecule has 1 amide bonds. The van der Waals surface area contributed by atoms with E-state index < -0.39 is 0 Å². The van der Waals surface area contributed by atoms with Crippen molar-refractivity contribution < 1.29 is 4.79 Å². The third-order valence-electron chi connectivity index (χ3n) is 2.96. The predicted molar refractivity (Wildman–Crippen MR) is 71.4 cm³/mol. The summed E-state index contributed by atoms with van der Waals surface area (Å²) in [6.07, 6.45) is 5.36. The van der Waals surface area contributed by atoms with Gasteiger partial charge >= 0.3 is 0 Å². The molecule has 17 heavy (non-hydrogen) atoms. The summed E-state index contributed by atoms with van der Waals surface area (Å²) < 4.78 is 0.830. The van der Waals surface area contributed by atoms with Crippen molar-refractivity contribution in [1.82, 2.24) is 10.3 Å². The van der Waals surface area contributed by atoms with Crippen LogP contribution < -0.4 is 10.2 Å². The SMILES string of the molecule is CNC(=O)c1cc(Br)cnc1N1CCCCC1. The number of nitrogens with zero attached hydrogens (tertiary/aromatic N) is 2. The fourth-order valence-corrected chi connectivity index (χ4v) is 2.42. The van der Waals surface area contributed by atoms with Crippen LogP contribution in [0.25, 0.3) is 0 Å². The van der Waals surface area contributed by atoms with Crippen LogP contribution in [0.4, 0.5) is 5.82 Å². The number of pyridine rings is 1. The number of aromatic nitrogens is 1. The van der Waals surface area contributed by atoms with Crippen LogP contribution in [0, 0.1) is 0 Å². The number of nitrogens with one attached hydrogen (secondary N) is 1. The summed E-state index contributed by atoms with van der Waals surface area (Å²) in [7, 11) is 1.64. The van der Waals surface area contributed by atoms with Gasteiger partial charge in [0.05, 0.1) is 5.56 Å². The monoisotopic (exact) mass is 297 g/mol. The minimum Gasteiger partial charge on any atom is -0.356 e. The first-order valence-electron chi connectivity index (χ1n) is 5.85. The van der Waals surface area contributed by atoms with Crippen LogP contribution in [0.2, 0.25) is 0 Å². The van der Waals surface area contributed by atoms with Gasteiger partial charge in [-0.2, -0.15) is 0 Å². The number of hydrogen-bond donors (Lipinski definition) is 1. The summed E-state index contributed by atoms with van der Waals surface area (Å²) in [6, 6.07) is 1.83. The number of amides is 1. The zero-order chi connectivity index (χ0) is 12.3. The summed E-state index contributed by atoms with van der Waals surface area (Å²) in [5, 5.41) is 2.66. The highest BCUT2D eigenvalue weighted by molar-refractivity contribution is 9.10. The number of carbonyl (C=O) groups is 1. The van der Waals surface area contributed by atoms with E-state index in [0.29, 0.717) is 5.56 Å². The molecule has 2 rings (SSSR count). The first-order chi connectivity index (χ1) is 8.22. The van der Waals surface area contributed by atoms with Crippen molar-refractivity contribution in [3.63, 3.8) is 0 Å². The highest BCUT2D eigenvalue weighted by Gasteiger charge is 2.19. The van der Waals surface area contributed by atoms with Gasteiger partial charge in [0.1, 0.15) is 5.82 Å². The molecule has 1 aliphatic rings. The molecule has 1 aromatic rings. The second-order valence-electron chi connectivity index (χ2n) is 4.15. The Morgan fingerprint density at radius 3 is 2.76 bits per heavy atom. The predicted octanol–water partition coefficient (Wildman–Crippen LogP) is 2.19. The lowest BCUT2D eigenvalue weighted by atomic mass is 10.1. The van der Waals surface area contributed by atoms with Crippen molar-refractivity contribution in [3.8, 4) is 0 Å². The Bertz CT molecular complexity index is 416. The Morgan fingerprint density at radius 1 is 1.41 bits per heavy atom. The Morgan fingerprint density at radius 2 is 2.12 bits per heavy atom. The molecular weight excluding hydrogens is 282 g/mol. The van der Waals surface area contributed by atoms with Crippen LogP contribution in [0.5, 0.6) is 0 Å². The van der Waals surface area contributed by atoms with Gasteiger partial charge in [-0.15, -0.1) is 0 Å². The smallest absolute Gasteiger partial charge is 0.254 e. The van der Waals surface area contributed by atoms with Crippen LogP contribution in [0.1, 0.15) is 29.6 Å². The molecule has 1 aromatic heterocycles. The third kappa shape index (κ3) is 2.77. The quantitative estimate of drug-likeness (QED) is 0.910. The topological polar surface area (TPSA) is 45.2 Å². The second kappa shape index (κ2) is 5.49. The molecule has 0 atom stereocenters. The molecule has 0 saturated carbocycles. The zero-order valence-corrected chi connectivity index (χ0v) is 11.5. The number of carbonyl (C=O) groups excluding carboxylic acids is 1. The number of anilines is 1. The number of halogens is 1. The van der Waals surface area contributed by atoms with Gasteiger partial charge in [0.2, 0.25) is 0 Å². The first kappa shape index (κ1) is 12.4. The lowest BCUT2D eigenvalue weighted by molar-refractivity contribution is 0.0963. The molecule has 0 unspecified atom stereocenters. The normalized spacial score (nSPS) is 15.8. The standard InChI is InChI=1S/C12H16BrN3O/c1-14-12(17)10-7-9(13)8-15-11(10)16-5-3-2-4-6-16/h7-8H,2-6H2,1H3,(H,14,17). The number of rotatable bonds is 2.